The van der Waals surface area contributed by atoms with Crippen molar-refractivity contribution in [1.29, 1.82) is 0 Å². The lowest BCUT2D eigenvalue weighted by atomic mass is 9.95. The number of amides is 1. The van der Waals surface area contributed by atoms with Gasteiger partial charge in [-0.05, 0) is 36.4 Å². The zero-order valence-electron chi connectivity index (χ0n) is 14.3. The maximum Gasteiger partial charge on any atom is 0.362 e. The number of para-hydroxylation sites is 1. The van der Waals surface area contributed by atoms with Crippen molar-refractivity contribution in [3.8, 4) is 0 Å². The maximum absolute atomic E-state index is 12.6. The Morgan fingerprint density at radius 3 is 2.62 bits per heavy atom. The standard InChI is InChI=1S/C20H20N2O3S/c23-19(16-11-6-12-26-16)22-18-17(21-13-7-2-1-3-8-13)14-9-4-5-10-15(14)25-20(18)24/h4-6,9-13,21H,1-3,7-8H2,(H,22,23). The van der Waals surface area contributed by atoms with Crippen LogP contribution in [0.2, 0.25) is 0 Å². The molecule has 0 unspecified atom stereocenters. The normalized spacial score (nSPS) is 15.1. The van der Waals surface area contributed by atoms with Crippen molar-refractivity contribution < 1.29 is 9.21 Å². The van der Waals surface area contributed by atoms with Gasteiger partial charge >= 0.3 is 5.63 Å². The third kappa shape index (κ3) is 3.37. The Morgan fingerprint density at radius 2 is 1.85 bits per heavy atom. The molecule has 1 saturated carbocycles. The quantitative estimate of drug-likeness (QED) is 0.646. The highest BCUT2D eigenvalue weighted by Gasteiger charge is 2.21. The first kappa shape index (κ1) is 16.8. The molecule has 3 aromatic rings. The molecule has 5 nitrogen and oxygen atoms in total. The van der Waals surface area contributed by atoms with E-state index < -0.39 is 5.63 Å². The molecule has 1 aliphatic rings. The fourth-order valence-electron chi connectivity index (χ4n) is 3.45. The zero-order valence-corrected chi connectivity index (χ0v) is 15.1. The highest BCUT2D eigenvalue weighted by atomic mass is 32.1. The van der Waals surface area contributed by atoms with Gasteiger partial charge in [0, 0.05) is 11.4 Å². The van der Waals surface area contributed by atoms with Crippen LogP contribution in [-0.4, -0.2) is 11.9 Å². The molecule has 0 spiro atoms. The average molecular weight is 368 g/mol. The van der Waals surface area contributed by atoms with Crippen LogP contribution in [-0.2, 0) is 0 Å². The summed E-state index contributed by atoms with van der Waals surface area (Å²) >= 11 is 1.34. The van der Waals surface area contributed by atoms with Crippen molar-refractivity contribution >= 4 is 39.6 Å². The van der Waals surface area contributed by atoms with Crippen LogP contribution in [0.4, 0.5) is 11.4 Å². The van der Waals surface area contributed by atoms with Crippen molar-refractivity contribution in [2.75, 3.05) is 10.6 Å². The maximum atomic E-state index is 12.6. The topological polar surface area (TPSA) is 71.3 Å². The summed E-state index contributed by atoms with van der Waals surface area (Å²) in [5.74, 6) is -0.297. The third-order valence-corrected chi connectivity index (χ3v) is 5.62. The molecule has 0 radical (unpaired) electrons. The first-order chi connectivity index (χ1) is 12.7. The molecule has 2 aromatic heterocycles. The van der Waals surface area contributed by atoms with E-state index in [9.17, 15) is 9.59 Å². The van der Waals surface area contributed by atoms with Crippen molar-refractivity contribution in [3.05, 3.63) is 57.1 Å². The van der Waals surface area contributed by atoms with Crippen LogP contribution in [0.25, 0.3) is 11.0 Å². The Hall–Kier alpha value is -2.60. The van der Waals surface area contributed by atoms with E-state index in [1.807, 2.05) is 29.6 Å². The number of benzene rings is 1. The predicted molar refractivity (Wildman–Crippen MR) is 105 cm³/mol. The Kier molecular flexibility index (Phi) is 4.75. The smallest absolute Gasteiger partial charge is 0.362 e. The molecule has 1 amide bonds. The fraction of sp³-hybridized carbons (Fsp3) is 0.300. The van der Waals surface area contributed by atoms with Crippen LogP contribution in [0, 0.1) is 0 Å². The molecule has 2 heterocycles. The molecule has 134 valence electrons. The predicted octanol–water partition coefficient (Wildman–Crippen LogP) is 4.85. The van der Waals surface area contributed by atoms with E-state index in [4.69, 9.17) is 4.42 Å². The second-order valence-corrected chi connectivity index (χ2v) is 7.49. The molecule has 0 aliphatic heterocycles. The fourth-order valence-corrected chi connectivity index (χ4v) is 4.07. The Balaban J connectivity index is 1.76. The lowest BCUT2D eigenvalue weighted by molar-refractivity contribution is 0.103. The number of rotatable bonds is 4. The van der Waals surface area contributed by atoms with Gasteiger partial charge in [-0.25, -0.2) is 4.79 Å². The van der Waals surface area contributed by atoms with Crippen molar-refractivity contribution in [2.45, 2.75) is 38.1 Å². The van der Waals surface area contributed by atoms with Crippen molar-refractivity contribution in [3.63, 3.8) is 0 Å². The number of carbonyl (C=O) groups excluding carboxylic acids is 1. The molecule has 1 aromatic carbocycles. The highest BCUT2D eigenvalue weighted by Crippen LogP contribution is 2.32. The molecule has 6 heteroatoms. The number of hydrogen-bond acceptors (Lipinski definition) is 5. The summed E-state index contributed by atoms with van der Waals surface area (Å²) in [7, 11) is 0. The molecule has 1 fully saturated rings. The van der Waals surface area contributed by atoms with E-state index in [1.165, 1.54) is 30.6 Å². The SMILES string of the molecule is O=C(Nc1c(NC2CCCCC2)c2ccccc2oc1=O)c1cccs1. The summed E-state index contributed by atoms with van der Waals surface area (Å²) in [4.78, 5) is 25.6. The van der Waals surface area contributed by atoms with Crippen LogP contribution in [0.1, 0.15) is 41.8 Å². The summed E-state index contributed by atoms with van der Waals surface area (Å²) in [6, 6.07) is 11.3. The summed E-state index contributed by atoms with van der Waals surface area (Å²) in [5.41, 5.74) is 0.832. The first-order valence-electron chi connectivity index (χ1n) is 8.89. The molecule has 26 heavy (non-hydrogen) atoms. The third-order valence-electron chi connectivity index (χ3n) is 4.75. The number of fused-ring (bicyclic) bond motifs is 1. The van der Waals surface area contributed by atoms with Gasteiger partial charge < -0.3 is 15.1 Å². The summed E-state index contributed by atoms with van der Waals surface area (Å²) in [6.45, 7) is 0. The minimum Gasteiger partial charge on any atom is -0.421 e. The summed E-state index contributed by atoms with van der Waals surface area (Å²) in [5, 5.41) is 8.92. The summed E-state index contributed by atoms with van der Waals surface area (Å²) < 4.78 is 5.43. The van der Waals surface area contributed by atoms with Gasteiger partial charge in [0.2, 0.25) is 0 Å². The lowest BCUT2D eigenvalue weighted by Gasteiger charge is -2.25. The van der Waals surface area contributed by atoms with Gasteiger partial charge in [-0.15, -0.1) is 11.3 Å². The number of carbonyl (C=O) groups is 1. The van der Waals surface area contributed by atoms with E-state index >= 15 is 0 Å². The second kappa shape index (κ2) is 7.33. The number of hydrogen-bond donors (Lipinski definition) is 2. The van der Waals surface area contributed by atoms with E-state index in [1.54, 1.807) is 12.1 Å². The van der Waals surface area contributed by atoms with Crippen molar-refractivity contribution in [1.82, 2.24) is 0 Å². The monoisotopic (exact) mass is 368 g/mol. The van der Waals surface area contributed by atoms with Crippen LogP contribution in [0.3, 0.4) is 0 Å². The second-order valence-electron chi connectivity index (χ2n) is 6.55. The van der Waals surface area contributed by atoms with Crippen LogP contribution in [0.5, 0.6) is 0 Å². The van der Waals surface area contributed by atoms with Gasteiger partial charge in [-0.3, -0.25) is 4.79 Å². The van der Waals surface area contributed by atoms with E-state index in [2.05, 4.69) is 10.6 Å². The van der Waals surface area contributed by atoms with Gasteiger partial charge in [-0.1, -0.05) is 37.5 Å². The van der Waals surface area contributed by atoms with Gasteiger partial charge in [-0.2, -0.15) is 0 Å². The largest absolute Gasteiger partial charge is 0.421 e. The van der Waals surface area contributed by atoms with E-state index in [0.717, 1.165) is 18.2 Å². The van der Waals surface area contributed by atoms with Gasteiger partial charge in [0.25, 0.3) is 5.91 Å². The minimum absolute atomic E-state index is 0.188. The lowest BCUT2D eigenvalue weighted by Crippen LogP contribution is -2.26. The molecular weight excluding hydrogens is 348 g/mol. The molecular formula is C20H20N2O3S. The number of nitrogens with one attached hydrogen (secondary N) is 2. The van der Waals surface area contributed by atoms with E-state index in [0.29, 0.717) is 22.2 Å². The molecule has 0 atom stereocenters. The van der Waals surface area contributed by atoms with Crippen LogP contribution >= 0.6 is 11.3 Å². The van der Waals surface area contributed by atoms with Gasteiger partial charge in [0.05, 0.1) is 10.6 Å². The molecule has 2 N–H and O–H groups in total. The van der Waals surface area contributed by atoms with Gasteiger partial charge in [0.15, 0.2) is 5.69 Å². The van der Waals surface area contributed by atoms with Crippen LogP contribution in [0.15, 0.2) is 51.0 Å². The van der Waals surface area contributed by atoms with E-state index in [-0.39, 0.29) is 11.6 Å². The van der Waals surface area contributed by atoms with Crippen molar-refractivity contribution in [2.24, 2.45) is 0 Å². The summed E-state index contributed by atoms with van der Waals surface area (Å²) in [6.07, 6.45) is 5.72. The molecule has 1 aliphatic carbocycles. The molecule has 4 rings (SSSR count). The number of anilines is 2. The van der Waals surface area contributed by atoms with Gasteiger partial charge in [0.1, 0.15) is 5.58 Å². The Bertz CT molecular complexity index is 972. The highest BCUT2D eigenvalue weighted by molar-refractivity contribution is 7.12. The average Bonchev–Trinajstić information content (AvgIpc) is 3.20. The Morgan fingerprint density at radius 1 is 1.04 bits per heavy atom. The first-order valence-corrected chi connectivity index (χ1v) is 9.77. The zero-order chi connectivity index (χ0) is 17.9. The molecule has 0 bridgehead atoms. The minimum atomic E-state index is -0.535. The van der Waals surface area contributed by atoms with Crippen LogP contribution < -0.4 is 16.3 Å². The Labute approximate surface area is 155 Å². The number of thiophene rings is 1. The molecule has 0 saturated heterocycles.